The van der Waals surface area contributed by atoms with Crippen molar-refractivity contribution in [2.24, 2.45) is 5.92 Å². The van der Waals surface area contributed by atoms with Crippen LogP contribution in [-0.4, -0.2) is 16.5 Å². The fourth-order valence-electron chi connectivity index (χ4n) is 2.21. The van der Waals surface area contributed by atoms with Crippen molar-refractivity contribution in [3.63, 3.8) is 0 Å². The zero-order chi connectivity index (χ0) is 10.8. The van der Waals surface area contributed by atoms with Crippen molar-refractivity contribution >= 4 is 10.8 Å². The quantitative estimate of drug-likeness (QED) is 0.832. The van der Waals surface area contributed by atoms with Gasteiger partial charge in [0.25, 0.3) is 0 Å². The third kappa shape index (κ3) is 1.99. The molecule has 3 heteroatoms. The van der Waals surface area contributed by atoms with E-state index < -0.39 is 10.8 Å². The third-order valence-corrected chi connectivity index (χ3v) is 4.60. The van der Waals surface area contributed by atoms with Gasteiger partial charge in [-0.05, 0) is 24.1 Å². The van der Waals surface area contributed by atoms with Crippen LogP contribution in [0.2, 0.25) is 0 Å². The molecule has 0 aliphatic carbocycles. The van der Waals surface area contributed by atoms with Crippen LogP contribution in [0.25, 0.3) is 0 Å². The van der Waals surface area contributed by atoms with Gasteiger partial charge in [0.2, 0.25) is 0 Å². The van der Waals surface area contributed by atoms with Gasteiger partial charge in [0.05, 0.1) is 10.8 Å². The Bertz CT molecular complexity index is 378. The number of hydrogen-bond donors (Lipinski definition) is 1. The molecule has 0 saturated carbocycles. The highest BCUT2D eigenvalue weighted by Gasteiger charge is 2.29. The van der Waals surface area contributed by atoms with Gasteiger partial charge in [-0.25, -0.2) is 0 Å². The van der Waals surface area contributed by atoms with Crippen molar-refractivity contribution in [1.82, 2.24) is 5.32 Å². The molecule has 15 heavy (non-hydrogen) atoms. The first-order chi connectivity index (χ1) is 7.24. The van der Waals surface area contributed by atoms with Crippen molar-refractivity contribution in [3.05, 3.63) is 29.8 Å². The van der Waals surface area contributed by atoms with Crippen LogP contribution >= 0.6 is 0 Å². The lowest BCUT2D eigenvalue weighted by molar-refractivity contribution is 0.411. The van der Waals surface area contributed by atoms with Crippen LogP contribution in [0.1, 0.15) is 25.5 Å². The molecule has 1 aromatic rings. The van der Waals surface area contributed by atoms with E-state index in [2.05, 4.69) is 25.2 Å². The molecule has 1 aliphatic rings. The van der Waals surface area contributed by atoms with Crippen LogP contribution in [-0.2, 0) is 10.8 Å². The second-order valence-electron chi connectivity index (χ2n) is 4.06. The van der Waals surface area contributed by atoms with Crippen molar-refractivity contribution in [3.8, 4) is 0 Å². The first kappa shape index (κ1) is 10.8. The molecular weight excluding hydrogens is 206 g/mol. The average Bonchev–Trinajstić information content (AvgIpc) is 2.24. The van der Waals surface area contributed by atoms with Crippen molar-refractivity contribution in [2.45, 2.75) is 24.8 Å². The summed E-state index contributed by atoms with van der Waals surface area (Å²) in [6, 6.07) is 8.44. The Hall–Kier alpha value is -0.670. The molecule has 0 saturated heterocycles. The monoisotopic (exact) mass is 223 g/mol. The van der Waals surface area contributed by atoms with Gasteiger partial charge in [-0.15, -0.1) is 0 Å². The fraction of sp³-hybridized carbons (Fsp3) is 0.500. The summed E-state index contributed by atoms with van der Waals surface area (Å²) in [5.74, 6) is 1.22. The summed E-state index contributed by atoms with van der Waals surface area (Å²) in [5, 5.41) is 3.48. The second kappa shape index (κ2) is 4.45. The molecule has 1 aromatic carbocycles. The number of hydrogen-bond acceptors (Lipinski definition) is 2. The highest BCUT2D eigenvalue weighted by molar-refractivity contribution is 7.85. The molecule has 0 aromatic heterocycles. The minimum Gasteiger partial charge on any atom is -0.310 e. The van der Waals surface area contributed by atoms with E-state index in [0.29, 0.717) is 12.0 Å². The van der Waals surface area contributed by atoms with Crippen LogP contribution in [0.5, 0.6) is 0 Å². The zero-order valence-corrected chi connectivity index (χ0v) is 10.0. The third-order valence-electron chi connectivity index (χ3n) is 2.91. The molecule has 3 unspecified atom stereocenters. The fourth-order valence-corrected chi connectivity index (χ4v) is 3.74. The minimum absolute atomic E-state index is 0.365. The Balaban J connectivity index is 2.42. The first-order valence-corrected chi connectivity index (χ1v) is 6.76. The topological polar surface area (TPSA) is 29.1 Å². The lowest BCUT2D eigenvalue weighted by Gasteiger charge is -2.31. The molecule has 0 spiro atoms. The predicted octanol–water partition coefficient (Wildman–Crippen LogP) is 2.09. The maximum Gasteiger partial charge on any atom is 0.0536 e. The van der Waals surface area contributed by atoms with Gasteiger partial charge >= 0.3 is 0 Å². The van der Waals surface area contributed by atoms with Crippen molar-refractivity contribution in [1.29, 1.82) is 0 Å². The molecular formula is C12H17NOS. The summed E-state index contributed by atoms with van der Waals surface area (Å²) in [7, 11) is -0.810. The lowest BCUT2D eigenvalue weighted by Crippen LogP contribution is -2.34. The molecule has 0 fully saturated rings. The van der Waals surface area contributed by atoms with Crippen LogP contribution < -0.4 is 5.32 Å². The van der Waals surface area contributed by atoms with E-state index in [0.717, 1.165) is 17.2 Å². The van der Waals surface area contributed by atoms with Crippen LogP contribution in [0.4, 0.5) is 0 Å². The first-order valence-electron chi connectivity index (χ1n) is 5.44. The zero-order valence-electron chi connectivity index (χ0n) is 9.19. The summed E-state index contributed by atoms with van der Waals surface area (Å²) < 4.78 is 11.9. The Kier molecular flexibility index (Phi) is 3.22. The highest BCUT2D eigenvalue weighted by atomic mass is 32.2. The summed E-state index contributed by atoms with van der Waals surface area (Å²) in [6.45, 7) is 5.23. The standard InChI is InChI=1S/C12H17NOS/c1-3-13-12-9(2)8-15(14)11-7-5-4-6-10(11)12/h4-7,9,12-13H,3,8H2,1-2H3. The maximum atomic E-state index is 11.9. The molecule has 2 rings (SSSR count). The van der Waals surface area contributed by atoms with Gasteiger partial charge in [-0.3, -0.25) is 4.21 Å². The van der Waals surface area contributed by atoms with E-state index in [1.807, 2.05) is 18.2 Å². The summed E-state index contributed by atoms with van der Waals surface area (Å²) >= 11 is 0. The van der Waals surface area contributed by atoms with Gasteiger partial charge in [-0.2, -0.15) is 0 Å². The molecule has 1 aliphatic heterocycles. The van der Waals surface area contributed by atoms with E-state index >= 15 is 0 Å². The smallest absolute Gasteiger partial charge is 0.0536 e. The van der Waals surface area contributed by atoms with Gasteiger partial charge in [0, 0.05) is 16.7 Å². The minimum atomic E-state index is -0.810. The van der Waals surface area contributed by atoms with Gasteiger partial charge in [0.15, 0.2) is 0 Å². The van der Waals surface area contributed by atoms with E-state index in [1.165, 1.54) is 5.56 Å². The average molecular weight is 223 g/mol. The lowest BCUT2D eigenvalue weighted by atomic mass is 9.95. The molecule has 1 heterocycles. The molecule has 0 radical (unpaired) electrons. The number of nitrogens with one attached hydrogen (secondary N) is 1. The Morgan fingerprint density at radius 3 is 2.93 bits per heavy atom. The Morgan fingerprint density at radius 1 is 1.47 bits per heavy atom. The number of fused-ring (bicyclic) bond motifs is 1. The predicted molar refractivity (Wildman–Crippen MR) is 63.3 cm³/mol. The number of benzene rings is 1. The second-order valence-corrected chi connectivity index (χ2v) is 5.53. The van der Waals surface area contributed by atoms with Crippen molar-refractivity contribution in [2.75, 3.05) is 12.3 Å². The largest absolute Gasteiger partial charge is 0.310 e. The molecule has 0 bridgehead atoms. The van der Waals surface area contributed by atoms with Crippen molar-refractivity contribution < 1.29 is 4.21 Å². The van der Waals surface area contributed by atoms with E-state index in [1.54, 1.807) is 0 Å². The van der Waals surface area contributed by atoms with E-state index in [4.69, 9.17) is 0 Å². The molecule has 0 amide bonds. The highest BCUT2D eigenvalue weighted by Crippen LogP contribution is 2.33. The Morgan fingerprint density at radius 2 is 2.20 bits per heavy atom. The molecule has 82 valence electrons. The van der Waals surface area contributed by atoms with Gasteiger partial charge in [-0.1, -0.05) is 32.0 Å². The summed E-state index contributed by atoms with van der Waals surface area (Å²) in [5.41, 5.74) is 1.22. The molecule has 2 nitrogen and oxygen atoms in total. The van der Waals surface area contributed by atoms with E-state index in [-0.39, 0.29) is 0 Å². The van der Waals surface area contributed by atoms with Crippen LogP contribution in [0, 0.1) is 5.92 Å². The molecule has 1 N–H and O–H groups in total. The normalized spacial score (nSPS) is 29.9. The van der Waals surface area contributed by atoms with Crippen LogP contribution in [0.15, 0.2) is 29.2 Å². The van der Waals surface area contributed by atoms with Gasteiger partial charge < -0.3 is 5.32 Å². The summed E-state index contributed by atoms with van der Waals surface area (Å²) in [4.78, 5) is 1.02. The molecule has 3 atom stereocenters. The van der Waals surface area contributed by atoms with Gasteiger partial charge in [0.1, 0.15) is 0 Å². The SMILES string of the molecule is CCNC1c2ccccc2S(=O)CC1C. The van der Waals surface area contributed by atoms with E-state index in [9.17, 15) is 4.21 Å². The summed E-state index contributed by atoms with van der Waals surface area (Å²) in [6.07, 6.45) is 0. The van der Waals surface area contributed by atoms with Crippen LogP contribution in [0.3, 0.4) is 0 Å². The maximum absolute atomic E-state index is 11.9. The number of rotatable bonds is 2. The Labute approximate surface area is 93.5 Å².